The first-order chi connectivity index (χ1) is 25.8. The Morgan fingerprint density at radius 2 is 1.80 bits per heavy atom. The monoisotopic (exact) mass is 768 g/mol. The number of rotatable bonds is 14. The Hall–Kier alpha value is -2.75. The van der Waals surface area contributed by atoms with E-state index in [0.29, 0.717) is 47.4 Å². The van der Waals surface area contributed by atoms with Crippen molar-refractivity contribution < 1.29 is 33.8 Å². The molecule has 0 aromatic rings. The molecule has 300 valence electrons. The highest BCUT2D eigenvalue weighted by atomic mass is 32.2. The van der Waals surface area contributed by atoms with Crippen molar-refractivity contribution in [1.82, 2.24) is 20.9 Å². The third-order valence-electron chi connectivity index (χ3n) is 14.6. The van der Waals surface area contributed by atoms with Crippen molar-refractivity contribution in [2.24, 2.45) is 46.3 Å². The van der Waals surface area contributed by atoms with Crippen molar-refractivity contribution in [2.45, 2.75) is 142 Å². The van der Waals surface area contributed by atoms with E-state index in [1.165, 1.54) is 61.6 Å². The molecule has 6 aliphatic rings. The predicted molar refractivity (Wildman–Crippen MR) is 208 cm³/mol. The first kappa shape index (κ1) is 40.9. The minimum absolute atomic E-state index is 0.0239. The quantitative estimate of drug-likeness (QED) is 0.0761. The van der Waals surface area contributed by atoms with Gasteiger partial charge in [0.05, 0.1) is 12.7 Å². The molecule has 0 aromatic carbocycles. The molecule has 6 rings (SSSR count). The average molecular weight is 769 g/mol. The molecule has 0 spiro atoms. The molecule has 1 saturated heterocycles. The lowest BCUT2D eigenvalue weighted by Gasteiger charge is -2.61. The number of hydrogen-bond donors (Lipinski definition) is 4. The van der Waals surface area contributed by atoms with Crippen LogP contribution < -0.4 is 16.0 Å². The lowest BCUT2D eigenvalue weighted by molar-refractivity contribution is -0.148. The van der Waals surface area contributed by atoms with E-state index >= 15 is 0 Å². The van der Waals surface area contributed by atoms with Gasteiger partial charge in [-0.15, -0.1) is 24.1 Å². The van der Waals surface area contributed by atoms with Crippen LogP contribution in [0.3, 0.4) is 0 Å². The first-order valence-electron chi connectivity index (χ1n) is 20.7. The van der Waals surface area contributed by atoms with Crippen LogP contribution in [0.15, 0.2) is 11.3 Å². The second-order valence-corrected chi connectivity index (χ2v) is 18.8. The van der Waals surface area contributed by atoms with Gasteiger partial charge in [0.1, 0.15) is 29.9 Å². The second kappa shape index (κ2) is 17.2. The van der Waals surface area contributed by atoms with Crippen LogP contribution in [-0.2, 0) is 23.9 Å². The number of amides is 4. The fourth-order valence-electron chi connectivity index (χ4n) is 11.9. The minimum Gasteiger partial charge on any atom is -0.447 e. The summed E-state index contributed by atoms with van der Waals surface area (Å²) in [7, 11) is 0. The molecule has 4 N–H and O–H groups in total. The number of nitrogens with zero attached hydrogens (tertiary/aromatic N) is 1. The normalized spacial score (nSPS) is 36.6. The van der Waals surface area contributed by atoms with Crippen LogP contribution in [0.4, 0.5) is 4.79 Å². The van der Waals surface area contributed by atoms with Gasteiger partial charge in [0.25, 0.3) is 11.8 Å². The van der Waals surface area contributed by atoms with E-state index in [9.17, 15) is 24.3 Å². The van der Waals surface area contributed by atoms with Crippen molar-refractivity contribution in [3.05, 3.63) is 11.3 Å². The summed E-state index contributed by atoms with van der Waals surface area (Å²) in [6.07, 6.45) is 16.6. The summed E-state index contributed by atoms with van der Waals surface area (Å²) in [5.41, 5.74) is 1.64. The SMILES string of the molecule is C#CCC(NC(=O)OCCOCCC)NC(=O)C1=C(C)CSC2C(NC(=O)CC[C@@H](C)[C@H]3CC[C@H]4[C@@H]5CC[C@@H]6C[C@H](O)CC[C@]6(C)[C@H]5CC[C@]34C)C(=O)N12. The van der Waals surface area contributed by atoms with Gasteiger partial charge in [-0.25, -0.2) is 4.79 Å². The van der Waals surface area contributed by atoms with Crippen molar-refractivity contribution in [2.75, 3.05) is 25.6 Å². The summed E-state index contributed by atoms with van der Waals surface area (Å²) in [6.45, 7) is 12.1. The topological polar surface area (TPSA) is 146 Å². The number of hydrogen-bond acceptors (Lipinski definition) is 8. The van der Waals surface area contributed by atoms with Crippen LogP contribution in [0.1, 0.15) is 118 Å². The molecule has 11 nitrogen and oxygen atoms in total. The molecule has 2 heterocycles. The van der Waals surface area contributed by atoms with E-state index in [4.69, 9.17) is 15.9 Å². The number of β-lactam (4-membered cyclic amide) rings is 1. The van der Waals surface area contributed by atoms with Crippen molar-refractivity contribution in [3.8, 4) is 12.3 Å². The van der Waals surface area contributed by atoms with E-state index in [-0.39, 0.29) is 48.6 Å². The summed E-state index contributed by atoms with van der Waals surface area (Å²) >= 11 is 1.53. The van der Waals surface area contributed by atoms with Gasteiger partial charge in [-0.2, -0.15) is 0 Å². The third kappa shape index (κ3) is 8.06. The zero-order valence-electron chi connectivity index (χ0n) is 33.1. The molecule has 0 bridgehead atoms. The predicted octanol–water partition coefficient (Wildman–Crippen LogP) is 5.71. The number of carbonyl (C=O) groups is 4. The maximum atomic E-state index is 13.5. The molecule has 4 saturated carbocycles. The number of alkyl carbamates (subject to hydrolysis) is 1. The molecule has 12 heteroatoms. The fourth-order valence-corrected chi connectivity index (χ4v) is 13.2. The van der Waals surface area contributed by atoms with Crippen molar-refractivity contribution in [1.29, 1.82) is 0 Å². The summed E-state index contributed by atoms with van der Waals surface area (Å²) in [6, 6.07) is -0.695. The Kier molecular flexibility index (Phi) is 13.0. The Bertz CT molecular complexity index is 1500. The van der Waals surface area contributed by atoms with Gasteiger partial charge in [-0.3, -0.25) is 19.3 Å². The van der Waals surface area contributed by atoms with E-state index in [1.807, 2.05) is 6.92 Å². The fraction of sp³-hybridized carbons (Fsp3) is 0.810. The maximum Gasteiger partial charge on any atom is 0.408 e. The number of fused-ring (bicyclic) bond motifs is 6. The zero-order valence-corrected chi connectivity index (χ0v) is 33.9. The molecule has 0 radical (unpaired) electrons. The molecule has 12 atom stereocenters. The summed E-state index contributed by atoms with van der Waals surface area (Å²) in [5.74, 6) is 5.99. The minimum atomic E-state index is -0.897. The Labute approximate surface area is 326 Å². The lowest BCUT2D eigenvalue weighted by Crippen LogP contribution is -2.71. The lowest BCUT2D eigenvalue weighted by atomic mass is 9.44. The standard InChI is InChI=1S/C42H64N4O7S/c1-7-9-33(44-40(51)53-22-21-52-20-8-2)43-37(49)36-26(4)24-54-39-35(38(50)46(36)39)45-34(48)15-10-25(3)30-13-14-31-29-12-11-27-23-28(47)16-18-41(27,5)32(29)17-19-42(30,31)6/h1,25,27-33,35,39,47H,8-24H2,2-6H3,(H,43,49)(H,44,51)(H,45,48)/t25-,27-,28-,29+,30-,31+,32+,33?,35?,39?,41+,42-/m1/s1. The van der Waals surface area contributed by atoms with Crippen LogP contribution >= 0.6 is 11.8 Å². The smallest absolute Gasteiger partial charge is 0.408 e. The molecule has 5 fully saturated rings. The van der Waals surface area contributed by atoms with Gasteiger partial charge in [0.2, 0.25) is 5.91 Å². The van der Waals surface area contributed by atoms with Gasteiger partial charge in [-0.05, 0) is 129 Å². The molecule has 4 amide bonds. The molecule has 2 aliphatic heterocycles. The second-order valence-electron chi connectivity index (χ2n) is 17.7. The number of terminal acetylenes is 1. The number of thioether (sulfide) groups is 1. The van der Waals surface area contributed by atoms with Gasteiger partial charge in [0.15, 0.2) is 0 Å². The highest BCUT2D eigenvalue weighted by Gasteiger charge is 2.60. The molecular formula is C42H64N4O7S. The van der Waals surface area contributed by atoms with Gasteiger partial charge in [-0.1, -0.05) is 27.7 Å². The average Bonchev–Trinajstić information content (AvgIpc) is 3.50. The van der Waals surface area contributed by atoms with Gasteiger partial charge in [0, 0.05) is 25.2 Å². The van der Waals surface area contributed by atoms with Gasteiger partial charge < -0.3 is 30.5 Å². The molecule has 3 unspecified atom stereocenters. The summed E-state index contributed by atoms with van der Waals surface area (Å²) in [5, 5.41) is 18.4. The van der Waals surface area contributed by atoms with E-state index in [1.54, 1.807) is 6.92 Å². The van der Waals surface area contributed by atoms with E-state index in [2.05, 4.69) is 42.6 Å². The molecular weight excluding hydrogens is 705 g/mol. The zero-order chi connectivity index (χ0) is 38.8. The largest absolute Gasteiger partial charge is 0.447 e. The number of aliphatic hydroxyl groups excluding tert-OH is 1. The Morgan fingerprint density at radius 3 is 2.56 bits per heavy atom. The number of nitrogens with one attached hydrogen (secondary N) is 3. The Balaban J connectivity index is 0.985. The summed E-state index contributed by atoms with van der Waals surface area (Å²) in [4.78, 5) is 54.2. The van der Waals surface area contributed by atoms with Gasteiger partial charge >= 0.3 is 6.09 Å². The number of carbonyl (C=O) groups excluding carboxylic acids is 4. The molecule has 0 aromatic heterocycles. The Morgan fingerprint density at radius 1 is 1.04 bits per heavy atom. The maximum absolute atomic E-state index is 13.5. The van der Waals surface area contributed by atoms with Crippen LogP contribution in [0.25, 0.3) is 0 Å². The first-order valence-corrected chi connectivity index (χ1v) is 21.7. The van der Waals surface area contributed by atoms with Crippen LogP contribution in [0.2, 0.25) is 0 Å². The van der Waals surface area contributed by atoms with E-state index in [0.717, 1.165) is 49.0 Å². The van der Waals surface area contributed by atoms with Crippen LogP contribution in [0, 0.1) is 58.7 Å². The molecule has 4 aliphatic carbocycles. The highest BCUT2D eigenvalue weighted by molar-refractivity contribution is 8.00. The van der Waals surface area contributed by atoms with Crippen LogP contribution in [0.5, 0.6) is 0 Å². The number of aliphatic hydroxyl groups is 1. The molecule has 54 heavy (non-hydrogen) atoms. The summed E-state index contributed by atoms with van der Waals surface area (Å²) < 4.78 is 10.5. The third-order valence-corrected chi connectivity index (χ3v) is 16.1. The number of ether oxygens (including phenoxy) is 2. The van der Waals surface area contributed by atoms with E-state index < -0.39 is 24.2 Å². The van der Waals surface area contributed by atoms with Crippen molar-refractivity contribution in [3.63, 3.8) is 0 Å². The van der Waals surface area contributed by atoms with Crippen molar-refractivity contribution >= 4 is 35.6 Å². The highest BCUT2D eigenvalue weighted by Crippen LogP contribution is 2.68. The van der Waals surface area contributed by atoms with Crippen LogP contribution in [-0.4, -0.2) is 83.1 Å².